The van der Waals surface area contributed by atoms with Crippen LogP contribution in [0.5, 0.6) is 0 Å². The number of aliphatic hydroxyl groups is 2. The van der Waals surface area contributed by atoms with E-state index >= 15 is 0 Å². The second-order valence-electron chi connectivity index (χ2n) is 9.39. The maximum atomic E-state index is 13.1. The van der Waals surface area contributed by atoms with Crippen molar-refractivity contribution in [3.63, 3.8) is 0 Å². The van der Waals surface area contributed by atoms with Gasteiger partial charge in [-0.3, -0.25) is 14.4 Å². The van der Waals surface area contributed by atoms with Crippen LogP contribution in [0.25, 0.3) is 0 Å². The molecule has 0 aliphatic carbocycles. The molecular weight excluding hydrogens is 404 g/mol. The Morgan fingerprint density at radius 1 is 1.03 bits per heavy atom. The lowest BCUT2D eigenvalue weighted by Gasteiger charge is -2.42. The van der Waals surface area contributed by atoms with Crippen LogP contribution in [-0.2, 0) is 28.6 Å². The number of ether oxygens (including phenoxy) is 3. The van der Waals surface area contributed by atoms with Gasteiger partial charge in [0.1, 0.15) is 23.4 Å². The number of aliphatic hydroxyl groups excluding tert-OH is 1. The van der Waals surface area contributed by atoms with Crippen LogP contribution in [0.2, 0.25) is 0 Å². The number of carbonyl (C=O) groups is 3. The summed E-state index contributed by atoms with van der Waals surface area (Å²) in [6.45, 7) is 11.2. The van der Waals surface area contributed by atoms with Gasteiger partial charge in [0.2, 0.25) is 0 Å². The van der Waals surface area contributed by atoms with E-state index in [0.717, 1.165) is 0 Å². The molecule has 8 heteroatoms. The van der Waals surface area contributed by atoms with Crippen molar-refractivity contribution in [2.24, 2.45) is 23.7 Å². The standard InChI is InChI=1S/C23H40O8/c1-10-16-23(7,28)19(26)13(3)17(24)12(2)11-22(6,30-9)20(29-8)14(4)18(25)15(5)21(27)31-16/h12-16,19-20,26,28H,10-11H2,1-9H3/t12-,13+,14+,15-,16-,19-,20-,22-,23-/m1/s1. The summed E-state index contributed by atoms with van der Waals surface area (Å²) in [5.74, 6) is -4.74. The first-order valence-corrected chi connectivity index (χ1v) is 11.0. The fraction of sp³-hybridized carbons (Fsp3) is 0.870. The van der Waals surface area contributed by atoms with Crippen LogP contribution in [0.1, 0.15) is 61.3 Å². The summed E-state index contributed by atoms with van der Waals surface area (Å²) in [7, 11) is 2.94. The van der Waals surface area contributed by atoms with Crippen molar-refractivity contribution in [3.8, 4) is 0 Å². The highest BCUT2D eigenvalue weighted by Crippen LogP contribution is 2.35. The first-order chi connectivity index (χ1) is 14.2. The molecule has 0 aromatic rings. The molecule has 1 heterocycles. The Kier molecular flexibility index (Phi) is 9.39. The Balaban J connectivity index is 3.55. The van der Waals surface area contributed by atoms with Crippen molar-refractivity contribution < 1.29 is 38.8 Å². The normalized spacial score (nSPS) is 44.0. The monoisotopic (exact) mass is 444 g/mol. The Labute approximate surface area is 185 Å². The summed E-state index contributed by atoms with van der Waals surface area (Å²) in [5.41, 5.74) is -2.89. The molecule has 0 aromatic heterocycles. The molecule has 1 aliphatic heterocycles. The third kappa shape index (κ3) is 5.53. The first-order valence-electron chi connectivity index (χ1n) is 11.0. The third-order valence-electron chi connectivity index (χ3n) is 7.00. The van der Waals surface area contributed by atoms with E-state index in [1.807, 2.05) is 0 Å². The van der Waals surface area contributed by atoms with Gasteiger partial charge in [0, 0.05) is 32.0 Å². The van der Waals surface area contributed by atoms with E-state index in [4.69, 9.17) is 14.2 Å². The lowest BCUT2D eigenvalue weighted by molar-refractivity contribution is -0.192. The number of rotatable bonds is 3. The van der Waals surface area contributed by atoms with E-state index in [-0.39, 0.29) is 24.4 Å². The predicted molar refractivity (Wildman–Crippen MR) is 114 cm³/mol. The number of methoxy groups -OCH3 is 2. The van der Waals surface area contributed by atoms with Gasteiger partial charge in [-0.25, -0.2) is 0 Å². The van der Waals surface area contributed by atoms with Crippen molar-refractivity contribution in [3.05, 3.63) is 0 Å². The van der Waals surface area contributed by atoms with E-state index in [9.17, 15) is 24.6 Å². The number of carbonyl (C=O) groups excluding carboxylic acids is 3. The predicted octanol–water partition coefficient (Wildman–Crippen LogP) is 1.93. The van der Waals surface area contributed by atoms with Crippen molar-refractivity contribution in [2.45, 2.75) is 90.8 Å². The second kappa shape index (κ2) is 10.5. The molecule has 0 radical (unpaired) electrons. The molecule has 1 fully saturated rings. The molecule has 0 bridgehead atoms. The topological polar surface area (TPSA) is 119 Å². The number of cyclic esters (lactones) is 1. The minimum absolute atomic E-state index is 0.200. The van der Waals surface area contributed by atoms with Gasteiger partial charge < -0.3 is 24.4 Å². The Morgan fingerprint density at radius 3 is 2.03 bits per heavy atom. The van der Waals surface area contributed by atoms with Crippen molar-refractivity contribution >= 4 is 17.5 Å². The zero-order chi connectivity index (χ0) is 24.3. The SMILES string of the molecule is CC[C@H]1OC(=O)[C@H](C)C(=O)[C@H](C)[C@@H](OC)[C@](C)(OC)C[C@@H](C)C(=O)[C@H](C)[C@@H](O)[C@]1(C)O. The lowest BCUT2D eigenvalue weighted by atomic mass is 9.74. The van der Waals surface area contributed by atoms with Crippen molar-refractivity contribution in [1.29, 1.82) is 0 Å². The van der Waals surface area contributed by atoms with Crippen LogP contribution in [0, 0.1) is 23.7 Å². The Morgan fingerprint density at radius 2 is 1.58 bits per heavy atom. The number of esters is 1. The average Bonchev–Trinajstić information content (AvgIpc) is 2.73. The lowest BCUT2D eigenvalue weighted by Crippen LogP contribution is -2.57. The van der Waals surface area contributed by atoms with E-state index in [0.29, 0.717) is 0 Å². The van der Waals surface area contributed by atoms with Gasteiger partial charge in [0.15, 0.2) is 5.78 Å². The zero-order valence-corrected chi connectivity index (χ0v) is 20.3. The number of hydrogen-bond donors (Lipinski definition) is 2. The van der Waals surface area contributed by atoms with Crippen molar-refractivity contribution in [2.75, 3.05) is 14.2 Å². The molecule has 1 saturated heterocycles. The molecule has 0 aromatic carbocycles. The maximum Gasteiger partial charge on any atom is 0.316 e. The van der Waals surface area contributed by atoms with Crippen LogP contribution in [0.3, 0.4) is 0 Å². The summed E-state index contributed by atoms with van der Waals surface area (Å²) in [4.78, 5) is 39.0. The largest absolute Gasteiger partial charge is 0.459 e. The van der Waals surface area contributed by atoms with Crippen LogP contribution in [-0.4, -0.2) is 71.5 Å². The van der Waals surface area contributed by atoms with E-state index < -0.39 is 59.2 Å². The number of ketones is 2. The third-order valence-corrected chi connectivity index (χ3v) is 7.00. The molecule has 1 aliphatic rings. The molecule has 8 nitrogen and oxygen atoms in total. The number of Topliss-reactive ketones (excluding diaryl/α,β-unsaturated/α-hetero) is 2. The Bertz CT molecular complexity index is 660. The van der Waals surface area contributed by atoms with Crippen LogP contribution in [0.15, 0.2) is 0 Å². The van der Waals surface area contributed by atoms with Gasteiger partial charge >= 0.3 is 5.97 Å². The highest BCUT2D eigenvalue weighted by atomic mass is 16.6. The van der Waals surface area contributed by atoms with Crippen LogP contribution in [0.4, 0.5) is 0 Å². The van der Waals surface area contributed by atoms with Crippen molar-refractivity contribution in [1.82, 2.24) is 0 Å². The summed E-state index contributed by atoms with van der Waals surface area (Å²) in [6, 6.07) is 0. The van der Waals surface area contributed by atoms with Gasteiger partial charge in [-0.1, -0.05) is 27.7 Å². The van der Waals surface area contributed by atoms with Gasteiger partial charge in [-0.15, -0.1) is 0 Å². The molecule has 180 valence electrons. The molecule has 9 atom stereocenters. The summed E-state index contributed by atoms with van der Waals surface area (Å²) in [6.07, 6.45) is -2.85. The minimum Gasteiger partial charge on any atom is -0.459 e. The van der Waals surface area contributed by atoms with Crippen LogP contribution < -0.4 is 0 Å². The van der Waals surface area contributed by atoms with Gasteiger partial charge in [-0.05, 0) is 33.6 Å². The van der Waals surface area contributed by atoms with E-state index in [2.05, 4.69) is 0 Å². The van der Waals surface area contributed by atoms with Gasteiger partial charge in [-0.2, -0.15) is 0 Å². The summed E-state index contributed by atoms with van der Waals surface area (Å²) in [5, 5.41) is 21.9. The highest BCUT2D eigenvalue weighted by Gasteiger charge is 2.49. The quantitative estimate of drug-likeness (QED) is 0.501. The fourth-order valence-corrected chi connectivity index (χ4v) is 4.83. The molecule has 0 amide bonds. The van der Waals surface area contributed by atoms with E-state index in [1.54, 1.807) is 34.6 Å². The molecule has 1 rings (SSSR count). The molecule has 0 spiro atoms. The molecule has 31 heavy (non-hydrogen) atoms. The number of hydrogen-bond acceptors (Lipinski definition) is 8. The summed E-state index contributed by atoms with van der Waals surface area (Å²) < 4.78 is 16.8. The fourth-order valence-electron chi connectivity index (χ4n) is 4.83. The average molecular weight is 445 g/mol. The summed E-state index contributed by atoms with van der Waals surface area (Å²) >= 11 is 0. The maximum absolute atomic E-state index is 13.1. The minimum atomic E-state index is -1.88. The van der Waals surface area contributed by atoms with Crippen LogP contribution >= 0.6 is 0 Å². The zero-order valence-electron chi connectivity index (χ0n) is 20.3. The van der Waals surface area contributed by atoms with Gasteiger partial charge in [0.05, 0.1) is 17.8 Å². The van der Waals surface area contributed by atoms with E-state index in [1.165, 1.54) is 28.1 Å². The first kappa shape index (κ1) is 27.7. The molecule has 0 saturated carbocycles. The second-order valence-corrected chi connectivity index (χ2v) is 9.39. The highest BCUT2D eigenvalue weighted by molar-refractivity contribution is 6.00. The molecular formula is C23H40O8. The molecule has 2 N–H and O–H groups in total. The van der Waals surface area contributed by atoms with Gasteiger partial charge in [0.25, 0.3) is 0 Å². The smallest absolute Gasteiger partial charge is 0.316 e. The Hall–Kier alpha value is -1.35. The molecule has 0 unspecified atom stereocenters.